The molecule has 0 aliphatic carbocycles. The minimum atomic E-state index is 0. The molecule has 0 amide bonds. The summed E-state index contributed by atoms with van der Waals surface area (Å²) >= 11 is 0. The van der Waals surface area contributed by atoms with Gasteiger partial charge in [0.1, 0.15) is 5.75 Å². The molecule has 5 heteroatoms. The van der Waals surface area contributed by atoms with E-state index in [1.807, 2.05) is 0 Å². The van der Waals surface area contributed by atoms with Crippen LogP contribution in [0.25, 0.3) is 0 Å². The topological polar surface area (TPSA) is 44.7 Å². The van der Waals surface area contributed by atoms with Gasteiger partial charge >= 0.3 is 0 Å². The lowest BCUT2D eigenvalue weighted by Crippen LogP contribution is -2.45. The first-order valence-corrected chi connectivity index (χ1v) is 7.38. The predicted molar refractivity (Wildman–Crippen MR) is 88.6 cm³/mol. The summed E-state index contributed by atoms with van der Waals surface area (Å²) in [4.78, 5) is 2.47. The molecule has 2 rings (SSSR count). The molecule has 1 aliphatic rings. The van der Waals surface area contributed by atoms with Crippen LogP contribution in [0.3, 0.4) is 0 Å². The highest BCUT2D eigenvalue weighted by Gasteiger charge is 2.22. The Labute approximate surface area is 133 Å². The van der Waals surface area contributed by atoms with Gasteiger partial charge in [0.05, 0.1) is 7.11 Å². The van der Waals surface area contributed by atoms with Crippen LogP contribution in [0.5, 0.6) is 5.75 Å². The zero-order valence-electron chi connectivity index (χ0n) is 13.2. The van der Waals surface area contributed by atoms with Gasteiger partial charge in [-0.05, 0) is 37.0 Å². The van der Waals surface area contributed by atoms with E-state index in [1.54, 1.807) is 7.11 Å². The van der Waals surface area contributed by atoms with Crippen molar-refractivity contribution >= 4 is 12.4 Å². The average molecular weight is 315 g/mol. The summed E-state index contributed by atoms with van der Waals surface area (Å²) in [5.41, 5.74) is 3.62. The molecule has 120 valence electrons. The van der Waals surface area contributed by atoms with Crippen molar-refractivity contribution < 1.29 is 9.84 Å². The molecule has 0 radical (unpaired) electrons. The van der Waals surface area contributed by atoms with Crippen molar-refractivity contribution in [1.29, 1.82) is 0 Å². The van der Waals surface area contributed by atoms with Gasteiger partial charge in [-0.3, -0.25) is 4.90 Å². The van der Waals surface area contributed by atoms with Crippen LogP contribution < -0.4 is 10.1 Å². The maximum atomic E-state index is 9.40. The summed E-state index contributed by atoms with van der Waals surface area (Å²) in [7, 11) is 1.72. The monoisotopic (exact) mass is 314 g/mol. The van der Waals surface area contributed by atoms with Crippen molar-refractivity contribution in [2.45, 2.75) is 26.3 Å². The van der Waals surface area contributed by atoms with Crippen molar-refractivity contribution in [3.05, 3.63) is 28.8 Å². The van der Waals surface area contributed by atoms with E-state index in [2.05, 4.69) is 36.2 Å². The molecule has 1 aliphatic heterocycles. The van der Waals surface area contributed by atoms with E-state index < -0.39 is 0 Å². The van der Waals surface area contributed by atoms with Gasteiger partial charge in [0.15, 0.2) is 0 Å². The number of nitrogens with one attached hydrogen (secondary N) is 1. The van der Waals surface area contributed by atoms with Gasteiger partial charge in [0.25, 0.3) is 0 Å². The third-order valence-electron chi connectivity index (χ3n) is 4.07. The van der Waals surface area contributed by atoms with E-state index in [-0.39, 0.29) is 19.0 Å². The first-order valence-electron chi connectivity index (χ1n) is 7.38. The second kappa shape index (κ2) is 8.59. The molecule has 1 aromatic carbocycles. The molecule has 21 heavy (non-hydrogen) atoms. The number of hydrogen-bond acceptors (Lipinski definition) is 4. The molecule has 0 aromatic heterocycles. The van der Waals surface area contributed by atoms with E-state index in [4.69, 9.17) is 4.74 Å². The van der Waals surface area contributed by atoms with Crippen LogP contribution in [-0.4, -0.2) is 49.9 Å². The number of halogens is 1. The number of aliphatic hydroxyl groups excluding tert-OH is 1. The maximum absolute atomic E-state index is 9.40. The highest BCUT2D eigenvalue weighted by Crippen LogP contribution is 2.31. The Morgan fingerprint density at radius 3 is 2.29 bits per heavy atom. The van der Waals surface area contributed by atoms with E-state index in [1.165, 1.54) is 16.7 Å². The number of aryl methyl sites for hydroxylation is 2. The van der Waals surface area contributed by atoms with Crippen LogP contribution in [0.4, 0.5) is 0 Å². The van der Waals surface area contributed by atoms with Gasteiger partial charge in [0.2, 0.25) is 0 Å². The molecule has 0 unspecified atom stereocenters. The molecule has 0 spiro atoms. The summed E-state index contributed by atoms with van der Waals surface area (Å²) in [6.07, 6.45) is 0.783. The summed E-state index contributed by atoms with van der Waals surface area (Å²) in [6, 6.07) is 4.70. The fraction of sp³-hybridized carbons (Fsp3) is 0.625. The molecule has 1 saturated heterocycles. The highest BCUT2D eigenvalue weighted by molar-refractivity contribution is 5.85. The highest BCUT2D eigenvalue weighted by atomic mass is 35.5. The lowest BCUT2D eigenvalue weighted by atomic mass is 9.96. The molecule has 0 bridgehead atoms. The quantitative estimate of drug-likeness (QED) is 0.873. The predicted octanol–water partition coefficient (Wildman–Crippen LogP) is 2.06. The van der Waals surface area contributed by atoms with Crippen LogP contribution in [0.15, 0.2) is 12.1 Å². The summed E-state index contributed by atoms with van der Waals surface area (Å²) in [6.45, 7) is 8.51. The summed E-state index contributed by atoms with van der Waals surface area (Å²) in [5.74, 6) is 0.969. The minimum Gasteiger partial charge on any atom is -0.496 e. The van der Waals surface area contributed by atoms with Gasteiger partial charge in [-0.15, -0.1) is 12.4 Å². The molecule has 1 fully saturated rings. The number of aliphatic hydroxyl groups is 1. The zero-order chi connectivity index (χ0) is 14.5. The van der Waals surface area contributed by atoms with Crippen LogP contribution in [0.1, 0.15) is 29.2 Å². The van der Waals surface area contributed by atoms with Crippen molar-refractivity contribution in [2.24, 2.45) is 0 Å². The number of rotatable bonds is 5. The zero-order valence-corrected chi connectivity index (χ0v) is 14.0. The number of ether oxygens (including phenoxy) is 1. The molecule has 4 nitrogen and oxygen atoms in total. The van der Waals surface area contributed by atoms with Gasteiger partial charge in [0, 0.05) is 38.8 Å². The standard InChI is InChI=1S/C16H26N2O2.ClH/c1-12-10-14(11-13(2)16(12)20-3)15(4-9-19)18-7-5-17-6-8-18;/h10-11,15,17,19H,4-9H2,1-3H3;1H/t15-;/m1./s1. The van der Waals surface area contributed by atoms with Crippen LogP contribution in [0, 0.1) is 13.8 Å². The fourth-order valence-electron chi connectivity index (χ4n) is 3.17. The Morgan fingerprint density at radius 2 is 1.81 bits per heavy atom. The van der Waals surface area contributed by atoms with Crippen LogP contribution in [0.2, 0.25) is 0 Å². The molecule has 1 heterocycles. The SMILES string of the molecule is COc1c(C)cc([C@@H](CCO)N2CCNCC2)cc1C.Cl. The molecule has 2 N–H and O–H groups in total. The molecular formula is C16H27ClN2O2. The van der Waals surface area contributed by atoms with Gasteiger partial charge in [-0.2, -0.15) is 0 Å². The second-order valence-electron chi connectivity index (χ2n) is 5.50. The molecule has 0 saturated carbocycles. The van der Waals surface area contributed by atoms with Gasteiger partial charge < -0.3 is 15.2 Å². The van der Waals surface area contributed by atoms with Crippen LogP contribution in [-0.2, 0) is 0 Å². The fourth-order valence-corrected chi connectivity index (χ4v) is 3.17. The first-order chi connectivity index (χ1) is 9.67. The van der Waals surface area contributed by atoms with Crippen molar-refractivity contribution in [3.63, 3.8) is 0 Å². The van der Waals surface area contributed by atoms with Crippen molar-refractivity contribution in [2.75, 3.05) is 39.9 Å². The van der Waals surface area contributed by atoms with Gasteiger partial charge in [-0.1, -0.05) is 12.1 Å². The van der Waals surface area contributed by atoms with Crippen molar-refractivity contribution in [1.82, 2.24) is 10.2 Å². The number of nitrogens with zero attached hydrogens (tertiary/aromatic N) is 1. The Kier molecular flexibility index (Phi) is 7.46. The third kappa shape index (κ3) is 4.33. The third-order valence-corrected chi connectivity index (χ3v) is 4.07. The van der Waals surface area contributed by atoms with Crippen LogP contribution >= 0.6 is 12.4 Å². The number of hydrogen-bond donors (Lipinski definition) is 2. The Balaban J connectivity index is 0.00000220. The van der Waals surface area contributed by atoms with E-state index in [0.717, 1.165) is 38.3 Å². The number of piperazine rings is 1. The lowest BCUT2D eigenvalue weighted by molar-refractivity contribution is 0.141. The molecular weight excluding hydrogens is 288 g/mol. The lowest BCUT2D eigenvalue weighted by Gasteiger charge is -2.35. The average Bonchev–Trinajstić information content (AvgIpc) is 2.45. The summed E-state index contributed by atoms with van der Waals surface area (Å²) in [5, 5.41) is 12.8. The minimum absolute atomic E-state index is 0. The number of methoxy groups -OCH3 is 1. The molecule has 1 aromatic rings. The Morgan fingerprint density at radius 1 is 1.24 bits per heavy atom. The van der Waals surface area contributed by atoms with E-state index in [0.29, 0.717) is 6.04 Å². The normalized spacial score (nSPS) is 17.1. The smallest absolute Gasteiger partial charge is 0.124 e. The van der Waals surface area contributed by atoms with Gasteiger partial charge in [-0.25, -0.2) is 0 Å². The number of benzene rings is 1. The first kappa shape index (κ1) is 18.2. The van der Waals surface area contributed by atoms with Crippen molar-refractivity contribution in [3.8, 4) is 5.75 Å². The largest absolute Gasteiger partial charge is 0.496 e. The maximum Gasteiger partial charge on any atom is 0.124 e. The van der Waals surface area contributed by atoms with E-state index in [9.17, 15) is 5.11 Å². The van der Waals surface area contributed by atoms with E-state index >= 15 is 0 Å². The Hall–Kier alpha value is -0.810. The molecule has 1 atom stereocenters. The Bertz CT molecular complexity index is 425. The summed E-state index contributed by atoms with van der Waals surface area (Å²) < 4.78 is 5.44. The second-order valence-corrected chi connectivity index (χ2v) is 5.50.